The van der Waals surface area contributed by atoms with Gasteiger partial charge in [-0.15, -0.1) is 11.3 Å². The van der Waals surface area contributed by atoms with Crippen LogP contribution < -0.4 is 5.32 Å². The molecule has 3 rings (SSSR count). The van der Waals surface area contributed by atoms with E-state index < -0.39 is 0 Å². The second-order valence-corrected chi connectivity index (χ2v) is 6.69. The van der Waals surface area contributed by atoms with Gasteiger partial charge < -0.3 is 10.3 Å². The molecule has 3 aromatic rings. The first-order chi connectivity index (χ1) is 9.74. The Labute approximate surface area is 123 Å². The van der Waals surface area contributed by atoms with Crippen molar-refractivity contribution < 1.29 is 0 Å². The van der Waals surface area contributed by atoms with Gasteiger partial charge in [-0.3, -0.25) is 0 Å². The van der Waals surface area contributed by atoms with Crippen molar-refractivity contribution in [3.63, 3.8) is 0 Å². The number of hydrogen-bond acceptors (Lipinski definition) is 2. The van der Waals surface area contributed by atoms with E-state index in [2.05, 4.69) is 60.7 Å². The third-order valence-electron chi connectivity index (χ3n) is 3.71. The average molecular weight is 284 g/mol. The fourth-order valence-corrected chi connectivity index (χ4v) is 3.59. The first kappa shape index (κ1) is 13.4. The summed E-state index contributed by atoms with van der Waals surface area (Å²) in [7, 11) is 0. The minimum atomic E-state index is 0.971. The second-order valence-electron chi connectivity index (χ2n) is 5.22. The van der Waals surface area contributed by atoms with Crippen molar-refractivity contribution in [2.45, 2.75) is 26.8 Å². The van der Waals surface area contributed by atoms with Crippen LogP contribution in [0.1, 0.15) is 20.9 Å². The van der Waals surface area contributed by atoms with Crippen molar-refractivity contribution in [3.8, 4) is 0 Å². The first-order valence-corrected chi connectivity index (χ1v) is 7.87. The molecule has 2 heterocycles. The highest BCUT2D eigenvalue weighted by atomic mass is 32.1. The van der Waals surface area contributed by atoms with Crippen LogP contribution in [-0.4, -0.2) is 11.5 Å². The Bertz CT molecular complexity index is 709. The van der Waals surface area contributed by atoms with Crippen molar-refractivity contribution in [1.29, 1.82) is 0 Å². The van der Waals surface area contributed by atoms with Crippen LogP contribution in [0.2, 0.25) is 0 Å². The fraction of sp³-hybridized carbons (Fsp3) is 0.294. The molecule has 1 aromatic carbocycles. The molecule has 0 bridgehead atoms. The maximum Gasteiger partial charge on any atom is 0.0456 e. The van der Waals surface area contributed by atoms with Crippen LogP contribution in [0, 0.1) is 13.8 Å². The monoisotopic (exact) mass is 284 g/mol. The molecule has 2 aromatic heterocycles. The lowest BCUT2D eigenvalue weighted by Gasteiger charge is -2.04. The normalized spacial score (nSPS) is 11.3. The van der Waals surface area contributed by atoms with Crippen molar-refractivity contribution in [1.82, 2.24) is 10.3 Å². The van der Waals surface area contributed by atoms with Crippen LogP contribution in [0.25, 0.3) is 10.9 Å². The fourth-order valence-electron chi connectivity index (χ4n) is 2.64. The minimum absolute atomic E-state index is 0.971. The van der Waals surface area contributed by atoms with Gasteiger partial charge in [-0.1, -0.05) is 18.2 Å². The molecule has 0 saturated carbocycles. The number of nitrogens with one attached hydrogen (secondary N) is 2. The third kappa shape index (κ3) is 2.79. The summed E-state index contributed by atoms with van der Waals surface area (Å²) in [6.07, 6.45) is 3.19. The molecule has 20 heavy (non-hydrogen) atoms. The van der Waals surface area contributed by atoms with Crippen molar-refractivity contribution in [2.75, 3.05) is 6.54 Å². The number of benzene rings is 1. The predicted octanol–water partition coefficient (Wildman–Crippen LogP) is 4.18. The minimum Gasteiger partial charge on any atom is -0.361 e. The average Bonchev–Trinajstić information content (AvgIpc) is 2.99. The molecule has 0 spiro atoms. The Morgan fingerprint density at radius 3 is 2.80 bits per heavy atom. The summed E-state index contributed by atoms with van der Waals surface area (Å²) in [6, 6.07) is 10.8. The van der Waals surface area contributed by atoms with Crippen LogP contribution in [0.15, 0.2) is 36.5 Å². The molecule has 0 saturated heterocycles. The van der Waals surface area contributed by atoms with Gasteiger partial charge >= 0.3 is 0 Å². The van der Waals surface area contributed by atoms with Crippen molar-refractivity contribution in [3.05, 3.63) is 57.4 Å². The number of aromatic nitrogens is 1. The molecule has 0 aliphatic carbocycles. The van der Waals surface area contributed by atoms with Crippen molar-refractivity contribution in [2.24, 2.45) is 0 Å². The van der Waals surface area contributed by atoms with E-state index in [4.69, 9.17) is 0 Å². The van der Waals surface area contributed by atoms with Crippen LogP contribution in [0.5, 0.6) is 0 Å². The lowest BCUT2D eigenvalue weighted by molar-refractivity contribution is 0.688. The Morgan fingerprint density at radius 2 is 2.00 bits per heavy atom. The molecular weight excluding hydrogens is 264 g/mol. The summed E-state index contributed by atoms with van der Waals surface area (Å²) in [6.45, 7) is 6.36. The molecule has 2 N–H and O–H groups in total. The number of aryl methyl sites for hydroxylation is 2. The van der Waals surface area contributed by atoms with E-state index in [1.807, 2.05) is 11.3 Å². The molecule has 2 nitrogen and oxygen atoms in total. The predicted molar refractivity (Wildman–Crippen MR) is 87.5 cm³/mol. The molecule has 104 valence electrons. The molecule has 0 amide bonds. The quantitative estimate of drug-likeness (QED) is 0.676. The second kappa shape index (κ2) is 5.81. The SMILES string of the molecule is Cc1cc(CNCCc2c[nH]c3ccccc23)c(C)s1. The highest BCUT2D eigenvalue weighted by Gasteiger charge is 2.04. The maximum atomic E-state index is 3.55. The lowest BCUT2D eigenvalue weighted by atomic mass is 10.1. The number of para-hydroxylation sites is 1. The molecule has 3 heteroatoms. The van der Waals surface area contributed by atoms with Gasteiger partial charge in [0.05, 0.1) is 0 Å². The summed E-state index contributed by atoms with van der Waals surface area (Å²) >= 11 is 1.88. The highest BCUT2D eigenvalue weighted by molar-refractivity contribution is 7.12. The van der Waals surface area contributed by atoms with E-state index in [-0.39, 0.29) is 0 Å². The lowest BCUT2D eigenvalue weighted by Crippen LogP contribution is -2.16. The van der Waals surface area contributed by atoms with E-state index in [9.17, 15) is 0 Å². The van der Waals surface area contributed by atoms with Crippen LogP contribution in [0.3, 0.4) is 0 Å². The Hall–Kier alpha value is -1.58. The van der Waals surface area contributed by atoms with Crippen LogP contribution in [0.4, 0.5) is 0 Å². The number of H-pyrrole nitrogens is 1. The number of fused-ring (bicyclic) bond motifs is 1. The van der Waals surface area contributed by atoms with E-state index in [0.29, 0.717) is 0 Å². The van der Waals surface area contributed by atoms with Gasteiger partial charge in [-0.05, 0) is 50.1 Å². The summed E-state index contributed by atoms with van der Waals surface area (Å²) in [5.41, 5.74) is 4.06. The molecule has 0 aliphatic rings. The van der Waals surface area contributed by atoms with Crippen LogP contribution >= 0.6 is 11.3 Å². The molecule has 0 aliphatic heterocycles. The summed E-state index contributed by atoms with van der Waals surface area (Å²) in [5.74, 6) is 0. The summed E-state index contributed by atoms with van der Waals surface area (Å²) < 4.78 is 0. The molecular formula is C17H20N2S. The van der Waals surface area contributed by atoms with Crippen LogP contribution in [-0.2, 0) is 13.0 Å². The molecule has 0 radical (unpaired) electrons. The van der Waals surface area contributed by atoms with Gasteiger partial charge in [0.25, 0.3) is 0 Å². The van der Waals surface area contributed by atoms with Gasteiger partial charge in [0.1, 0.15) is 0 Å². The Balaban J connectivity index is 1.56. The van der Waals surface area contributed by atoms with E-state index in [0.717, 1.165) is 19.5 Å². The van der Waals surface area contributed by atoms with Gasteiger partial charge in [-0.2, -0.15) is 0 Å². The standard InChI is InChI=1S/C17H20N2S/c1-12-9-15(13(2)20-12)10-18-8-7-14-11-19-17-6-4-3-5-16(14)17/h3-6,9,11,18-19H,7-8,10H2,1-2H3. The van der Waals surface area contributed by atoms with E-state index in [1.165, 1.54) is 31.8 Å². The zero-order valence-electron chi connectivity index (χ0n) is 12.0. The zero-order valence-corrected chi connectivity index (χ0v) is 12.8. The molecule has 0 fully saturated rings. The van der Waals surface area contributed by atoms with Gasteiger partial charge in [-0.25, -0.2) is 0 Å². The molecule has 0 atom stereocenters. The largest absolute Gasteiger partial charge is 0.361 e. The number of rotatable bonds is 5. The molecule has 0 unspecified atom stereocenters. The smallest absolute Gasteiger partial charge is 0.0456 e. The number of aromatic amines is 1. The van der Waals surface area contributed by atoms with E-state index >= 15 is 0 Å². The maximum absolute atomic E-state index is 3.55. The van der Waals surface area contributed by atoms with Gasteiger partial charge in [0.2, 0.25) is 0 Å². The summed E-state index contributed by atoms with van der Waals surface area (Å²) in [4.78, 5) is 6.16. The number of thiophene rings is 1. The van der Waals surface area contributed by atoms with E-state index in [1.54, 1.807) is 0 Å². The van der Waals surface area contributed by atoms with Crippen molar-refractivity contribution >= 4 is 22.2 Å². The zero-order chi connectivity index (χ0) is 13.9. The highest BCUT2D eigenvalue weighted by Crippen LogP contribution is 2.20. The Morgan fingerprint density at radius 1 is 1.15 bits per heavy atom. The first-order valence-electron chi connectivity index (χ1n) is 7.05. The van der Waals surface area contributed by atoms with Gasteiger partial charge in [0.15, 0.2) is 0 Å². The Kier molecular flexibility index (Phi) is 3.90. The summed E-state index contributed by atoms with van der Waals surface area (Å²) in [5, 5.41) is 4.90. The third-order valence-corrected chi connectivity index (χ3v) is 4.71. The topological polar surface area (TPSA) is 27.8 Å². The number of hydrogen-bond donors (Lipinski definition) is 2. The van der Waals surface area contributed by atoms with Gasteiger partial charge in [0, 0.05) is 33.4 Å².